The van der Waals surface area contributed by atoms with Gasteiger partial charge in [0.2, 0.25) is 11.8 Å². The first kappa shape index (κ1) is 24.3. The van der Waals surface area contributed by atoms with Crippen molar-refractivity contribution < 1.29 is 18.0 Å². The molecule has 0 atom stereocenters. The van der Waals surface area contributed by atoms with E-state index in [1.165, 1.54) is 4.31 Å². The van der Waals surface area contributed by atoms with Crippen LogP contribution in [-0.4, -0.2) is 51.8 Å². The molecule has 0 aromatic heterocycles. The van der Waals surface area contributed by atoms with Gasteiger partial charge < -0.3 is 9.80 Å². The lowest BCUT2D eigenvalue weighted by Gasteiger charge is -2.30. The lowest BCUT2D eigenvalue weighted by molar-refractivity contribution is -0.134. The molecule has 34 heavy (non-hydrogen) atoms. The van der Waals surface area contributed by atoms with Gasteiger partial charge in [-0.05, 0) is 68.0 Å². The fourth-order valence-electron chi connectivity index (χ4n) is 4.61. The van der Waals surface area contributed by atoms with Crippen molar-refractivity contribution in [2.24, 2.45) is 5.92 Å². The number of likely N-dealkylation sites (tertiary alicyclic amines) is 1. The minimum Gasteiger partial charge on any atom is -0.343 e. The molecule has 2 heterocycles. The summed E-state index contributed by atoms with van der Waals surface area (Å²) in [5.41, 5.74) is 3.23. The maximum absolute atomic E-state index is 13.2. The molecule has 2 aromatic rings. The van der Waals surface area contributed by atoms with Gasteiger partial charge in [0.1, 0.15) is 0 Å². The fourth-order valence-corrected chi connectivity index (χ4v) is 5.86. The van der Waals surface area contributed by atoms with Crippen LogP contribution in [0.3, 0.4) is 0 Å². The van der Waals surface area contributed by atoms with Crippen molar-refractivity contribution >= 4 is 33.2 Å². The Morgan fingerprint density at radius 2 is 1.62 bits per heavy atom. The van der Waals surface area contributed by atoms with Gasteiger partial charge in [0.25, 0.3) is 10.0 Å². The van der Waals surface area contributed by atoms with Gasteiger partial charge in [0.05, 0.1) is 10.6 Å². The number of carbonyl (C=O) groups excluding carboxylic acids is 2. The van der Waals surface area contributed by atoms with E-state index in [9.17, 15) is 18.0 Å². The number of hydrogen-bond acceptors (Lipinski definition) is 4. The molecule has 0 spiro atoms. The maximum Gasteiger partial charge on any atom is 0.264 e. The van der Waals surface area contributed by atoms with Crippen LogP contribution in [0.4, 0.5) is 11.4 Å². The molecule has 0 radical (unpaired) electrons. The number of piperidine rings is 1. The van der Waals surface area contributed by atoms with Crippen molar-refractivity contribution in [1.82, 2.24) is 4.90 Å². The second kappa shape index (κ2) is 9.78. The molecule has 0 saturated carbocycles. The molecule has 0 unspecified atom stereocenters. The first-order valence-corrected chi connectivity index (χ1v) is 13.4. The van der Waals surface area contributed by atoms with Crippen molar-refractivity contribution in [3.8, 4) is 0 Å². The Hall–Kier alpha value is -2.87. The lowest BCUT2D eigenvalue weighted by Crippen LogP contribution is -2.38. The van der Waals surface area contributed by atoms with E-state index >= 15 is 0 Å². The van der Waals surface area contributed by atoms with E-state index in [0.29, 0.717) is 24.6 Å². The number of carbonyl (C=O) groups is 2. The highest BCUT2D eigenvalue weighted by atomic mass is 32.2. The van der Waals surface area contributed by atoms with E-state index in [2.05, 4.69) is 6.92 Å². The number of sulfonamides is 1. The highest BCUT2D eigenvalue weighted by molar-refractivity contribution is 7.92. The zero-order valence-corrected chi connectivity index (χ0v) is 21.0. The molecule has 1 fully saturated rings. The minimum absolute atomic E-state index is 0.0419. The first-order valence-electron chi connectivity index (χ1n) is 11.9. The summed E-state index contributed by atoms with van der Waals surface area (Å²) in [6.07, 6.45) is 3.01. The van der Waals surface area contributed by atoms with Gasteiger partial charge in [0.15, 0.2) is 0 Å². The highest BCUT2D eigenvalue weighted by Crippen LogP contribution is 2.32. The third-order valence-electron chi connectivity index (χ3n) is 6.99. The topological polar surface area (TPSA) is 78.0 Å². The molecule has 0 N–H and O–H groups in total. The van der Waals surface area contributed by atoms with Crippen molar-refractivity contribution in [2.75, 3.05) is 35.9 Å². The first-order chi connectivity index (χ1) is 16.2. The molecular formula is C26H33N3O4S. The zero-order valence-electron chi connectivity index (χ0n) is 20.2. The molecular weight excluding hydrogens is 450 g/mol. The molecule has 2 amide bonds. The number of anilines is 2. The van der Waals surface area contributed by atoms with E-state index in [1.807, 2.05) is 24.0 Å². The van der Waals surface area contributed by atoms with E-state index in [0.717, 1.165) is 42.7 Å². The van der Waals surface area contributed by atoms with Crippen molar-refractivity contribution in [3.05, 3.63) is 53.6 Å². The number of amides is 2. The summed E-state index contributed by atoms with van der Waals surface area (Å²) < 4.78 is 27.6. The van der Waals surface area contributed by atoms with Gasteiger partial charge in [-0.3, -0.25) is 13.9 Å². The second-order valence-electron chi connectivity index (χ2n) is 9.46. The van der Waals surface area contributed by atoms with Crippen molar-refractivity contribution in [1.29, 1.82) is 0 Å². The Kier molecular flexibility index (Phi) is 6.98. The van der Waals surface area contributed by atoms with E-state index < -0.39 is 10.0 Å². The summed E-state index contributed by atoms with van der Waals surface area (Å²) in [6, 6.07) is 12.3. The van der Waals surface area contributed by atoms with Gasteiger partial charge in [0, 0.05) is 45.2 Å². The summed E-state index contributed by atoms with van der Waals surface area (Å²) in [6.45, 7) is 6.20. The molecule has 182 valence electrons. The molecule has 7 nitrogen and oxygen atoms in total. The minimum atomic E-state index is -3.72. The lowest BCUT2D eigenvalue weighted by atomic mass is 9.99. The number of rotatable bonds is 6. The van der Waals surface area contributed by atoms with Crippen LogP contribution in [0.15, 0.2) is 47.4 Å². The predicted molar refractivity (Wildman–Crippen MR) is 133 cm³/mol. The van der Waals surface area contributed by atoms with Crippen LogP contribution >= 0.6 is 0 Å². The average Bonchev–Trinajstić information content (AvgIpc) is 3.26. The zero-order chi connectivity index (χ0) is 24.5. The van der Waals surface area contributed by atoms with Gasteiger partial charge in [-0.1, -0.05) is 24.6 Å². The third-order valence-corrected chi connectivity index (χ3v) is 8.77. The van der Waals surface area contributed by atoms with Crippen molar-refractivity contribution in [3.63, 3.8) is 0 Å². The Labute approximate surface area is 202 Å². The average molecular weight is 484 g/mol. The molecule has 2 aliphatic rings. The molecule has 8 heteroatoms. The highest BCUT2D eigenvalue weighted by Gasteiger charge is 2.29. The standard InChI is InChI=1S/C26H33N3O4S/c1-19-4-6-22(7-5-19)27(3)34(32,33)23-8-9-24-21(18-23)14-17-29(24)26(31)11-10-25(30)28-15-12-20(2)13-16-28/h4-9,18,20H,10-17H2,1-3H3. The monoisotopic (exact) mass is 483 g/mol. The van der Waals surface area contributed by atoms with Gasteiger partial charge in [-0.15, -0.1) is 0 Å². The molecule has 0 aliphatic carbocycles. The van der Waals surface area contributed by atoms with Crippen LogP contribution in [0.1, 0.15) is 43.7 Å². The third kappa shape index (κ3) is 4.97. The molecule has 2 aliphatic heterocycles. The largest absolute Gasteiger partial charge is 0.343 e. The van der Waals surface area contributed by atoms with Crippen LogP contribution < -0.4 is 9.21 Å². The Bertz CT molecular complexity index is 1170. The van der Waals surface area contributed by atoms with Gasteiger partial charge in [-0.25, -0.2) is 8.42 Å². The van der Waals surface area contributed by atoms with Crippen LogP contribution in [0, 0.1) is 12.8 Å². The van der Waals surface area contributed by atoms with E-state index in [4.69, 9.17) is 0 Å². The van der Waals surface area contributed by atoms with Crippen LogP contribution in [0.5, 0.6) is 0 Å². The molecule has 0 bridgehead atoms. The summed E-state index contributed by atoms with van der Waals surface area (Å²) >= 11 is 0. The van der Waals surface area contributed by atoms with Crippen LogP contribution in [0.25, 0.3) is 0 Å². The second-order valence-corrected chi connectivity index (χ2v) is 11.4. The molecule has 2 aromatic carbocycles. The fraction of sp³-hybridized carbons (Fsp3) is 0.462. The summed E-state index contributed by atoms with van der Waals surface area (Å²) in [4.78, 5) is 29.1. The Balaban J connectivity index is 1.42. The van der Waals surface area contributed by atoms with Crippen molar-refractivity contribution in [2.45, 2.75) is 50.8 Å². The number of nitrogens with zero attached hydrogens (tertiary/aromatic N) is 3. The maximum atomic E-state index is 13.2. The normalized spacial score (nSPS) is 16.4. The molecule has 4 rings (SSSR count). The van der Waals surface area contributed by atoms with Gasteiger partial charge >= 0.3 is 0 Å². The molecule has 1 saturated heterocycles. The van der Waals surface area contributed by atoms with E-state index in [1.54, 1.807) is 42.3 Å². The summed E-state index contributed by atoms with van der Waals surface area (Å²) in [7, 11) is -2.18. The SMILES string of the molecule is Cc1ccc(N(C)S(=O)(=O)c2ccc3c(c2)CCN3C(=O)CCC(=O)N2CCC(C)CC2)cc1. The number of hydrogen-bond donors (Lipinski definition) is 0. The summed E-state index contributed by atoms with van der Waals surface area (Å²) in [5.74, 6) is 0.599. The van der Waals surface area contributed by atoms with Gasteiger partial charge in [-0.2, -0.15) is 0 Å². The number of benzene rings is 2. The summed E-state index contributed by atoms with van der Waals surface area (Å²) in [5, 5.41) is 0. The van der Waals surface area contributed by atoms with Crippen LogP contribution in [-0.2, 0) is 26.0 Å². The quantitative estimate of drug-likeness (QED) is 0.627. The Morgan fingerprint density at radius 1 is 0.971 bits per heavy atom. The smallest absolute Gasteiger partial charge is 0.264 e. The number of aryl methyl sites for hydroxylation is 1. The predicted octanol–water partition coefficient (Wildman–Crippen LogP) is 3.75. The van der Waals surface area contributed by atoms with Crippen LogP contribution in [0.2, 0.25) is 0 Å². The number of fused-ring (bicyclic) bond motifs is 1. The Morgan fingerprint density at radius 3 is 2.29 bits per heavy atom. The van der Waals surface area contributed by atoms with E-state index in [-0.39, 0.29) is 29.6 Å².